The van der Waals surface area contributed by atoms with Crippen LogP contribution in [0.25, 0.3) is 0 Å². The largest absolute Gasteiger partial charge is 0.483 e. The molecular formula is C17H13BrF4N2O3. The molecule has 5 nitrogen and oxygen atoms in total. The van der Waals surface area contributed by atoms with Gasteiger partial charge in [-0.05, 0) is 52.3 Å². The van der Waals surface area contributed by atoms with Crippen molar-refractivity contribution in [1.29, 1.82) is 0 Å². The van der Waals surface area contributed by atoms with Crippen molar-refractivity contribution in [3.63, 3.8) is 0 Å². The minimum absolute atomic E-state index is 0.00631. The van der Waals surface area contributed by atoms with E-state index in [1.165, 1.54) is 13.0 Å². The molecule has 0 aromatic heterocycles. The first-order valence-corrected chi connectivity index (χ1v) is 8.22. The van der Waals surface area contributed by atoms with Crippen LogP contribution in [0.15, 0.2) is 40.9 Å². The summed E-state index contributed by atoms with van der Waals surface area (Å²) in [6.45, 7) is 0.637. The van der Waals surface area contributed by atoms with Crippen LogP contribution in [0.2, 0.25) is 0 Å². The molecule has 0 saturated heterocycles. The third kappa shape index (κ3) is 5.95. The quantitative estimate of drug-likeness (QED) is 0.657. The predicted octanol–water partition coefficient (Wildman–Crippen LogP) is 4.58. The zero-order chi connectivity index (χ0) is 20.2. The summed E-state index contributed by atoms with van der Waals surface area (Å²) in [5.41, 5.74) is -1.22. The number of anilines is 2. The van der Waals surface area contributed by atoms with Gasteiger partial charge in [0.2, 0.25) is 5.91 Å². The highest BCUT2D eigenvalue weighted by molar-refractivity contribution is 9.10. The second kappa shape index (κ2) is 8.38. The average molecular weight is 449 g/mol. The maximum atomic E-state index is 13.0. The first kappa shape index (κ1) is 20.7. The van der Waals surface area contributed by atoms with Crippen molar-refractivity contribution in [1.82, 2.24) is 0 Å². The Bertz CT molecular complexity index is 872. The molecule has 2 aromatic carbocycles. The summed E-state index contributed by atoms with van der Waals surface area (Å²) in [5, 5.41) is 4.60. The molecule has 144 valence electrons. The van der Waals surface area contributed by atoms with Crippen molar-refractivity contribution < 1.29 is 31.9 Å². The summed E-state index contributed by atoms with van der Waals surface area (Å²) < 4.78 is 57.2. The molecule has 0 heterocycles. The number of amides is 2. The molecule has 2 rings (SSSR count). The van der Waals surface area contributed by atoms with Gasteiger partial charge in [-0.15, -0.1) is 0 Å². The molecule has 0 aliphatic rings. The summed E-state index contributed by atoms with van der Waals surface area (Å²) in [6, 6.07) is 6.08. The summed E-state index contributed by atoms with van der Waals surface area (Å²) >= 11 is 3.06. The molecule has 0 aliphatic carbocycles. The fourth-order valence-electron chi connectivity index (χ4n) is 2.04. The third-order valence-electron chi connectivity index (χ3n) is 3.18. The molecule has 0 spiro atoms. The molecule has 0 fully saturated rings. The number of benzene rings is 2. The van der Waals surface area contributed by atoms with Crippen molar-refractivity contribution >= 4 is 39.1 Å². The summed E-state index contributed by atoms with van der Waals surface area (Å²) in [4.78, 5) is 23.2. The molecule has 0 aliphatic heterocycles. The Labute approximate surface area is 159 Å². The van der Waals surface area contributed by atoms with E-state index < -0.39 is 36.0 Å². The fourth-order valence-corrected chi connectivity index (χ4v) is 2.51. The first-order chi connectivity index (χ1) is 12.6. The molecule has 2 amide bonds. The Morgan fingerprint density at radius 1 is 1.07 bits per heavy atom. The minimum Gasteiger partial charge on any atom is -0.483 e. The van der Waals surface area contributed by atoms with E-state index in [0.29, 0.717) is 6.07 Å². The van der Waals surface area contributed by atoms with Gasteiger partial charge >= 0.3 is 6.18 Å². The topological polar surface area (TPSA) is 67.4 Å². The van der Waals surface area contributed by atoms with Gasteiger partial charge in [0.25, 0.3) is 5.91 Å². The van der Waals surface area contributed by atoms with Gasteiger partial charge in [-0.25, -0.2) is 4.39 Å². The van der Waals surface area contributed by atoms with Crippen LogP contribution < -0.4 is 15.4 Å². The monoisotopic (exact) mass is 448 g/mol. The number of rotatable bonds is 5. The normalized spacial score (nSPS) is 11.0. The van der Waals surface area contributed by atoms with Gasteiger partial charge in [-0.3, -0.25) is 9.59 Å². The molecule has 2 N–H and O–H groups in total. The lowest BCUT2D eigenvalue weighted by atomic mass is 10.1. The van der Waals surface area contributed by atoms with E-state index in [1.807, 2.05) is 0 Å². The number of ether oxygens (including phenoxy) is 1. The van der Waals surface area contributed by atoms with Crippen LogP contribution in [0.5, 0.6) is 5.75 Å². The smallest absolute Gasteiger partial charge is 0.416 e. The number of hydrogen-bond acceptors (Lipinski definition) is 3. The second-order valence-electron chi connectivity index (χ2n) is 5.35. The molecule has 0 bridgehead atoms. The van der Waals surface area contributed by atoms with E-state index in [2.05, 4.69) is 26.6 Å². The zero-order valence-corrected chi connectivity index (χ0v) is 15.4. The fraction of sp³-hybridized carbons (Fsp3) is 0.176. The first-order valence-electron chi connectivity index (χ1n) is 7.43. The van der Waals surface area contributed by atoms with Crippen molar-refractivity contribution in [2.24, 2.45) is 0 Å². The van der Waals surface area contributed by atoms with Gasteiger partial charge in [-0.1, -0.05) is 0 Å². The molecule has 0 saturated carbocycles. The van der Waals surface area contributed by atoms with Crippen molar-refractivity contribution in [3.8, 4) is 5.75 Å². The highest BCUT2D eigenvalue weighted by Crippen LogP contribution is 2.34. The molecule has 0 unspecified atom stereocenters. The Morgan fingerprint density at radius 2 is 1.78 bits per heavy atom. The average Bonchev–Trinajstić information content (AvgIpc) is 2.54. The summed E-state index contributed by atoms with van der Waals surface area (Å²) in [7, 11) is 0. The van der Waals surface area contributed by atoms with Crippen LogP contribution in [0.4, 0.5) is 28.9 Å². The van der Waals surface area contributed by atoms with Crippen molar-refractivity contribution in [3.05, 3.63) is 52.3 Å². The Hall–Kier alpha value is -2.62. The van der Waals surface area contributed by atoms with Crippen LogP contribution in [0.3, 0.4) is 0 Å². The summed E-state index contributed by atoms with van der Waals surface area (Å²) in [6.07, 6.45) is -4.62. The van der Waals surface area contributed by atoms with E-state index in [0.717, 1.165) is 24.3 Å². The molecule has 10 heteroatoms. The molecule has 0 radical (unpaired) electrons. The van der Waals surface area contributed by atoms with Crippen LogP contribution in [0.1, 0.15) is 12.5 Å². The van der Waals surface area contributed by atoms with E-state index >= 15 is 0 Å². The van der Waals surface area contributed by atoms with Gasteiger partial charge in [0.15, 0.2) is 6.61 Å². The maximum absolute atomic E-state index is 13.0. The minimum atomic E-state index is -4.62. The Balaban J connectivity index is 2.15. The van der Waals surface area contributed by atoms with E-state index in [-0.39, 0.29) is 21.6 Å². The maximum Gasteiger partial charge on any atom is 0.416 e. The molecule has 2 aromatic rings. The standard InChI is InChI=1S/C17H13BrF4N2O3/c1-9(25)23-13-4-2-10(17(20,21)22)6-14(13)24-16(26)8-27-15-5-3-11(19)7-12(15)18/h2-7H,8H2,1H3,(H,23,25)(H,24,26). The number of carbonyl (C=O) groups is 2. The van der Waals surface area contributed by atoms with Crippen LogP contribution in [0, 0.1) is 5.82 Å². The Kier molecular flexibility index (Phi) is 6.42. The van der Waals surface area contributed by atoms with E-state index in [4.69, 9.17) is 4.74 Å². The third-order valence-corrected chi connectivity index (χ3v) is 3.80. The van der Waals surface area contributed by atoms with Crippen molar-refractivity contribution in [2.45, 2.75) is 13.1 Å². The highest BCUT2D eigenvalue weighted by Gasteiger charge is 2.31. The van der Waals surface area contributed by atoms with E-state index in [9.17, 15) is 27.2 Å². The van der Waals surface area contributed by atoms with Crippen LogP contribution >= 0.6 is 15.9 Å². The number of carbonyl (C=O) groups excluding carboxylic acids is 2. The molecular weight excluding hydrogens is 436 g/mol. The second-order valence-corrected chi connectivity index (χ2v) is 6.21. The predicted molar refractivity (Wildman–Crippen MR) is 94.0 cm³/mol. The lowest BCUT2D eigenvalue weighted by molar-refractivity contribution is -0.137. The SMILES string of the molecule is CC(=O)Nc1ccc(C(F)(F)F)cc1NC(=O)COc1ccc(F)cc1Br. The van der Waals surface area contributed by atoms with Gasteiger partial charge in [0.1, 0.15) is 11.6 Å². The van der Waals surface area contributed by atoms with Gasteiger partial charge in [0, 0.05) is 6.92 Å². The Morgan fingerprint density at radius 3 is 2.37 bits per heavy atom. The lowest BCUT2D eigenvalue weighted by Crippen LogP contribution is -2.22. The highest BCUT2D eigenvalue weighted by atomic mass is 79.9. The number of hydrogen-bond donors (Lipinski definition) is 2. The number of nitrogens with one attached hydrogen (secondary N) is 2. The van der Waals surface area contributed by atoms with Gasteiger partial charge in [0.05, 0.1) is 21.4 Å². The van der Waals surface area contributed by atoms with Gasteiger partial charge < -0.3 is 15.4 Å². The van der Waals surface area contributed by atoms with Crippen molar-refractivity contribution in [2.75, 3.05) is 17.2 Å². The molecule has 0 atom stereocenters. The van der Waals surface area contributed by atoms with Crippen LogP contribution in [-0.2, 0) is 15.8 Å². The zero-order valence-electron chi connectivity index (χ0n) is 13.8. The molecule has 27 heavy (non-hydrogen) atoms. The van der Waals surface area contributed by atoms with Gasteiger partial charge in [-0.2, -0.15) is 13.2 Å². The lowest BCUT2D eigenvalue weighted by Gasteiger charge is -2.15. The number of alkyl halides is 3. The number of halogens is 5. The van der Waals surface area contributed by atoms with Crippen LogP contribution in [-0.4, -0.2) is 18.4 Å². The summed E-state index contributed by atoms with van der Waals surface area (Å²) in [5.74, 6) is -1.62. The van der Waals surface area contributed by atoms with E-state index in [1.54, 1.807) is 0 Å².